The van der Waals surface area contributed by atoms with Crippen LogP contribution in [-0.2, 0) is 24.4 Å². The van der Waals surface area contributed by atoms with Crippen molar-refractivity contribution >= 4 is 89.8 Å². The number of alkyl halides is 2. The molecular weight excluding hydrogens is 759 g/mol. The van der Waals surface area contributed by atoms with Crippen molar-refractivity contribution in [1.82, 2.24) is 0 Å². The van der Waals surface area contributed by atoms with E-state index in [-0.39, 0.29) is 25.7 Å². The molecular formula is C15H11F2I3O8S. The molecule has 1 fully saturated rings. The first-order valence-corrected chi connectivity index (χ1v) is 12.6. The summed E-state index contributed by atoms with van der Waals surface area (Å²) in [4.78, 5) is 24.0. The minimum Gasteiger partial charge on any atom is -0.457 e. The van der Waals surface area contributed by atoms with E-state index in [9.17, 15) is 26.8 Å². The van der Waals surface area contributed by atoms with Crippen LogP contribution in [0.1, 0.15) is 36.0 Å². The van der Waals surface area contributed by atoms with Gasteiger partial charge in [-0.15, -0.1) is 0 Å². The van der Waals surface area contributed by atoms with Crippen LogP contribution in [-0.4, -0.2) is 42.1 Å². The molecule has 1 spiro atoms. The largest absolute Gasteiger partial charge is 0.465 e. The molecule has 1 aromatic carbocycles. The maximum absolute atomic E-state index is 13.4. The second-order valence-corrected chi connectivity index (χ2v) is 11.2. The van der Waals surface area contributed by atoms with Crippen molar-refractivity contribution < 1.29 is 45.6 Å². The molecule has 14 heteroatoms. The monoisotopic (exact) mass is 770 g/mol. The molecule has 1 heterocycles. The zero-order chi connectivity index (χ0) is 21.8. The average molecular weight is 770 g/mol. The molecule has 29 heavy (non-hydrogen) atoms. The summed E-state index contributed by atoms with van der Waals surface area (Å²) in [5.74, 6) is -3.87. The van der Waals surface area contributed by atoms with E-state index in [1.54, 1.807) is 0 Å². The predicted molar refractivity (Wildman–Crippen MR) is 118 cm³/mol. The van der Waals surface area contributed by atoms with E-state index in [1.807, 2.05) is 28.7 Å². The number of fused-ring (bicyclic) bond motifs is 1. The van der Waals surface area contributed by atoms with E-state index in [1.165, 1.54) is 0 Å². The second kappa shape index (κ2) is 8.12. The van der Waals surface area contributed by atoms with Gasteiger partial charge in [0.05, 0.1) is 3.57 Å². The Kier molecular flexibility index (Phi) is 6.60. The lowest BCUT2D eigenvalue weighted by Gasteiger charge is -2.42. The molecule has 1 aromatic rings. The van der Waals surface area contributed by atoms with Gasteiger partial charge in [-0.05, 0) is 86.7 Å². The Bertz CT molecular complexity index is 990. The van der Waals surface area contributed by atoms with E-state index >= 15 is 0 Å². The summed E-state index contributed by atoms with van der Waals surface area (Å²) < 4.78 is 74.8. The molecule has 0 atom stereocenters. The highest BCUT2D eigenvalue weighted by molar-refractivity contribution is 14.1. The fraction of sp³-hybridized carbons (Fsp3) is 0.467. The average Bonchev–Trinajstić information content (AvgIpc) is 2.60. The lowest BCUT2D eigenvalue weighted by atomic mass is 9.90. The summed E-state index contributed by atoms with van der Waals surface area (Å²) in [5, 5.41) is -5.06. The van der Waals surface area contributed by atoms with Gasteiger partial charge in [-0.25, -0.2) is 9.59 Å². The fourth-order valence-electron chi connectivity index (χ4n) is 2.96. The molecule has 1 aliphatic carbocycles. The van der Waals surface area contributed by atoms with Gasteiger partial charge in [0.1, 0.15) is 11.7 Å². The van der Waals surface area contributed by atoms with Crippen molar-refractivity contribution in [1.29, 1.82) is 0 Å². The number of carbonyl (C=O) groups excluding carboxylic acids is 2. The van der Waals surface area contributed by atoms with Crippen molar-refractivity contribution in [3.63, 3.8) is 0 Å². The van der Waals surface area contributed by atoms with Crippen LogP contribution in [0.5, 0.6) is 5.75 Å². The van der Waals surface area contributed by atoms with E-state index < -0.39 is 39.2 Å². The molecule has 3 rings (SSSR count). The van der Waals surface area contributed by atoms with Crippen molar-refractivity contribution in [2.24, 2.45) is 0 Å². The van der Waals surface area contributed by atoms with Gasteiger partial charge >= 0.3 is 27.3 Å². The fourth-order valence-corrected chi connectivity index (χ4v) is 5.69. The Labute approximate surface area is 204 Å². The van der Waals surface area contributed by atoms with Crippen LogP contribution in [0.2, 0.25) is 0 Å². The summed E-state index contributed by atoms with van der Waals surface area (Å²) in [6, 6.07) is 1.82. The van der Waals surface area contributed by atoms with Gasteiger partial charge in [0.15, 0.2) is 5.75 Å². The zero-order valence-corrected chi connectivity index (χ0v) is 21.4. The number of hydrogen-bond donors (Lipinski definition) is 1. The number of esters is 2. The second-order valence-electron chi connectivity index (χ2n) is 6.36. The van der Waals surface area contributed by atoms with Crippen LogP contribution in [0, 0.1) is 10.7 Å². The van der Waals surface area contributed by atoms with E-state index in [2.05, 4.69) is 49.9 Å². The molecule has 1 saturated carbocycles. The summed E-state index contributed by atoms with van der Waals surface area (Å²) in [5.41, 5.74) is 0.308. The molecule has 1 aliphatic heterocycles. The van der Waals surface area contributed by atoms with E-state index in [4.69, 9.17) is 14.0 Å². The van der Waals surface area contributed by atoms with Crippen LogP contribution in [0.3, 0.4) is 0 Å². The number of ether oxygens (including phenoxy) is 3. The smallest absolute Gasteiger partial charge is 0.457 e. The Morgan fingerprint density at radius 3 is 2.34 bits per heavy atom. The molecule has 1 N–H and O–H groups in total. The molecule has 160 valence electrons. The van der Waals surface area contributed by atoms with Gasteiger partial charge in [-0.1, -0.05) is 0 Å². The maximum Gasteiger partial charge on any atom is 0.465 e. The van der Waals surface area contributed by atoms with Crippen LogP contribution < -0.4 is 4.74 Å². The first-order valence-electron chi connectivity index (χ1n) is 7.93. The lowest BCUT2D eigenvalue weighted by molar-refractivity contribution is -0.196. The highest BCUT2D eigenvalue weighted by Crippen LogP contribution is 2.45. The van der Waals surface area contributed by atoms with Crippen LogP contribution in [0.4, 0.5) is 8.78 Å². The van der Waals surface area contributed by atoms with Gasteiger partial charge < -0.3 is 14.2 Å². The summed E-state index contributed by atoms with van der Waals surface area (Å²) in [6.07, 6.45) is -0.960. The van der Waals surface area contributed by atoms with E-state index in [0.717, 1.165) is 7.14 Å². The first-order chi connectivity index (χ1) is 13.3. The van der Waals surface area contributed by atoms with Gasteiger partial charge in [0, 0.05) is 20.0 Å². The molecule has 0 radical (unpaired) electrons. The van der Waals surface area contributed by atoms with E-state index in [0.29, 0.717) is 14.9 Å². The molecule has 8 nitrogen and oxygen atoms in total. The van der Waals surface area contributed by atoms with Gasteiger partial charge in [0.2, 0.25) is 0 Å². The SMILES string of the molecule is O=C1OC2(CCC(OC(=O)C(F)(F)S(=O)(=O)O)CC2)Oc2c(I)c(I)cc(I)c21. The van der Waals surface area contributed by atoms with Gasteiger partial charge in [-0.2, -0.15) is 17.2 Å². The first kappa shape index (κ1) is 23.6. The van der Waals surface area contributed by atoms with Crippen molar-refractivity contribution in [3.8, 4) is 5.75 Å². The lowest BCUT2D eigenvalue weighted by Crippen LogP contribution is -2.50. The topological polar surface area (TPSA) is 116 Å². The minimum absolute atomic E-state index is 0.00644. The molecule has 0 amide bonds. The molecule has 0 bridgehead atoms. The van der Waals surface area contributed by atoms with Crippen LogP contribution in [0.15, 0.2) is 6.07 Å². The molecule has 0 aromatic heterocycles. The minimum atomic E-state index is -5.94. The van der Waals surface area contributed by atoms with Crippen LogP contribution >= 0.6 is 67.8 Å². The number of halogens is 5. The Morgan fingerprint density at radius 1 is 1.21 bits per heavy atom. The Balaban J connectivity index is 1.74. The molecule has 0 unspecified atom stereocenters. The molecule has 0 saturated heterocycles. The highest BCUT2D eigenvalue weighted by Gasteiger charge is 2.55. The third-order valence-electron chi connectivity index (χ3n) is 4.43. The summed E-state index contributed by atoms with van der Waals surface area (Å²) in [7, 11) is -5.94. The summed E-state index contributed by atoms with van der Waals surface area (Å²) >= 11 is 6.17. The van der Waals surface area contributed by atoms with Crippen molar-refractivity contribution in [2.45, 2.75) is 42.8 Å². The number of benzene rings is 1. The van der Waals surface area contributed by atoms with Gasteiger partial charge in [0.25, 0.3) is 5.79 Å². The van der Waals surface area contributed by atoms with Crippen molar-refractivity contribution in [3.05, 3.63) is 22.3 Å². The van der Waals surface area contributed by atoms with Crippen LogP contribution in [0.25, 0.3) is 0 Å². The van der Waals surface area contributed by atoms with Crippen molar-refractivity contribution in [2.75, 3.05) is 0 Å². The molecule has 2 aliphatic rings. The number of rotatable bonds is 3. The predicted octanol–water partition coefficient (Wildman–Crippen LogP) is 3.71. The van der Waals surface area contributed by atoms with Gasteiger partial charge in [-0.3, -0.25) is 4.55 Å². The number of carbonyl (C=O) groups is 2. The third kappa shape index (κ3) is 4.45. The highest BCUT2D eigenvalue weighted by atomic mass is 127. The number of hydrogen-bond acceptors (Lipinski definition) is 7. The Hall–Kier alpha value is -0.0800. The Morgan fingerprint density at radius 2 is 1.79 bits per heavy atom. The quantitative estimate of drug-likeness (QED) is 0.214. The standard InChI is InChI=1S/C15H11F2I3O8S/c16-15(17,29(23,24)25)13(22)26-6-1-3-14(4-2-6)27-11-9(12(21)28-14)7(18)5-8(19)10(11)20/h5-6H,1-4H2,(H,23,24,25). The summed E-state index contributed by atoms with van der Waals surface area (Å²) in [6.45, 7) is 0. The third-order valence-corrected chi connectivity index (χ3v) is 9.05. The normalized spacial score (nSPS) is 24.5. The zero-order valence-electron chi connectivity index (χ0n) is 14.1. The maximum atomic E-state index is 13.4.